The Balaban J connectivity index is 1.98. The summed E-state index contributed by atoms with van der Waals surface area (Å²) in [7, 11) is 0. The number of hydrogen-bond acceptors (Lipinski definition) is 5. The van der Waals surface area contributed by atoms with E-state index in [0.717, 1.165) is 24.4 Å². The first kappa shape index (κ1) is 20.7. The molecule has 2 atom stereocenters. The van der Waals surface area contributed by atoms with Crippen LogP contribution in [0.15, 0.2) is 41.5 Å². The van der Waals surface area contributed by atoms with E-state index in [1.165, 1.54) is 12.1 Å². The Morgan fingerprint density at radius 3 is 2.66 bits per heavy atom. The average molecular weight is 413 g/mol. The predicted octanol–water partition coefficient (Wildman–Crippen LogP) is 3.32. The number of rotatable bonds is 6. The largest absolute Gasteiger partial charge is 0.459 e. The lowest BCUT2D eigenvalue weighted by Gasteiger charge is -2.36. The number of hydrogen-bond donors (Lipinski definition) is 1. The number of aliphatic imine (C=N–C) groups is 1. The minimum atomic E-state index is -3.21. The van der Waals surface area contributed by atoms with Crippen molar-refractivity contribution in [2.24, 2.45) is 10.7 Å². The highest BCUT2D eigenvalue weighted by molar-refractivity contribution is 5.95. The molecule has 0 spiro atoms. The van der Waals surface area contributed by atoms with E-state index in [1.807, 2.05) is 0 Å². The van der Waals surface area contributed by atoms with Gasteiger partial charge in [-0.15, -0.1) is 0 Å². The van der Waals surface area contributed by atoms with Crippen molar-refractivity contribution in [3.63, 3.8) is 0 Å². The Kier molecular flexibility index (Phi) is 5.81. The molecule has 0 saturated carbocycles. The number of pyridine rings is 1. The predicted molar refractivity (Wildman–Crippen MR) is 93.4 cm³/mol. The highest BCUT2D eigenvalue weighted by Crippen LogP contribution is 2.42. The van der Waals surface area contributed by atoms with Crippen LogP contribution in [0.2, 0.25) is 0 Å². The number of amidine groups is 1. The normalized spacial score (nSPS) is 21.6. The first-order chi connectivity index (χ1) is 13.7. The molecule has 0 saturated heterocycles. The van der Waals surface area contributed by atoms with Gasteiger partial charge in [0.1, 0.15) is 30.1 Å². The number of carbonyl (C=O) groups excluding carboxylic acids is 1. The van der Waals surface area contributed by atoms with E-state index in [9.17, 15) is 26.7 Å². The van der Waals surface area contributed by atoms with E-state index < -0.39 is 60.2 Å². The number of ether oxygens (including phenoxy) is 1. The Bertz CT molecular complexity index is 936. The molecule has 2 aromatic rings. The van der Waals surface area contributed by atoms with Gasteiger partial charge in [0, 0.05) is 18.4 Å². The fourth-order valence-corrected chi connectivity index (χ4v) is 3.17. The van der Waals surface area contributed by atoms with Crippen LogP contribution in [0.25, 0.3) is 0 Å². The van der Waals surface area contributed by atoms with Crippen molar-refractivity contribution in [3.05, 3.63) is 65.0 Å². The van der Waals surface area contributed by atoms with Gasteiger partial charge in [-0.1, -0.05) is 6.07 Å². The zero-order valence-electron chi connectivity index (χ0n) is 14.9. The fraction of sp³-hybridized carbons (Fsp3) is 0.316. The summed E-state index contributed by atoms with van der Waals surface area (Å²) in [5.74, 6) is -2.15. The van der Waals surface area contributed by atoms with Gasteiger partial charge in [-0.3, -0.25) is 9.78 Å². The van der Waals surface area contributed by atoms with Crippen molar-refractivity contribution in [1.29, 1.82) is 0 Å². The molecule has 1 aliphatic rings. The van der Waals surface area contributed by atoms with E-state index in [2.05, 4.69) is 9.98 Å². The van der Waals surface area contributed by atoms with E-state index in [1.54, 1.807) is 0 Å². The van der Waals surface area contributed by atoms with Crippen molar-refractivity contribution in [1.82, 2.24) is 4.98 Å². The second kappa shape index (κ2) is 8.14. The van der Waals surface area contributed by atoms with E-state index in [4.69, 9.17) is 10.5 Å². The Hall–Kier alpha value is -3.04. The van der Waals surface area contributed by atoms with E-state index in [0.29, 0.717) is 0 Å². The van der Waals surface area contributed by atoms with Crippen molar-refractivity contribution in [3.8, 4) is 0 Å². The lowest BCUT2D eigenvalue weighted by atomic mass is 9.83. The molecule has 0 aliphatic carbocycles. The molecule has 2 N–H and O–H groups in total. The Morgan fingerprint density at radius 2 is 2.03 bits per heavy atom. The third-order valence-electron chi connectivity index (χ3n) is 4.54. The molecule has 1 aromatic heterocycles. The zero-order valence-corrected chi connectivity index (χ0v) is 14.9. The second-order valence-electron chi connectivity index (χ2n) is 6.55. The van der Waals surface area contributed by atoms with Crippen LogP contribution in [-0.4, -0.2) is 36.0 Å². The lowest BCUT2D eigenvalue weighted by molar-refractivity contribution is -0.00516. The van der Waals surface area contributed by atoms with Crippen LogP contribution in [0.1, 0.15) is 28.0 Å². The molecule has 10 heteroatoms. The number of benzene rings is 1. The number of aromatic nitrogens is 1. The van der Waals surface area contributed by atoms with Gasteiger partial charge in [0.25, 0.3) is 12.4 Å². The number of carbonyl (C=O) groups is 1. The highest BCUT2D eigenvalue weighted by Gasteiger charge is 2.49. The standard InChI is InChI=1S/C19H16F5N3O2/c20-8-12-7-19(17(23)24,27-18(25)29-12)13-5-10(1-3-14(13)22)6-16(28)15-4-2-11(21)9-26-15/h1-5,9,12,17H,6-8H2,(H2,25,27)/t12-,19-/m0/s1. The van der Waals surface area contributed by atoms with Gasteiger partial charge in [-0.05, 0) is 29.8 Å². The number of nitrogens with zero attached hydrogens (tertiary/aromatic N) is 2. The van der Waals surface area contributed by atoms with Crippen LogP contribution in [0.5, 0.6) is 0 Å². The lowest BCUT2D eigenvalue weighted by Crippen LogP contribution is -2.46. The quantitative estimate of drug-likeness (QED) is 0.582. The maximum absolute atomic E-state index is 14.5. The molecular weight excluding hydrogens is 397 g/mol. The van der Waals surface area contributed by atoms with Crippen molar-refractivity contribution in [2.75, 3.05) is 6.67 Å². The van der Waals surface area contributed by atoms with Gasteiger partial charge in [-0.25, -0.2) is 26.9 Å². The summed E-state index contributed by atoms with van der Waals surface area (Å²) < 4.78 is 73.4. The molecule has 0 amide bonds. The number of alkyl halides is 3. The number of halogens is 5. The van der Waals surface area contributed by atoms with Crippen LogP contribution in [0.4, 0.5) is 22.0 Å². The molecule has 0 radical (unpaired) electrons. The SMILES string of the molecule is NC1=N[C@@](c2cc(CC(=O)c3ccc(F)cn3)ccc2F)(C(F)F)C[C@@H](CF)O1. The topological polar surface area (TPSA) is 77.6 Å². The summed E-state index contributed by atoms with van der Waals surface area (Å²) in [6.07, 6.45) is -4.58. The van der Waals surface area contributed by atoms with Gasteiger partial charge in [0.15, 0.2) is 11.3 Å². The number of nitrogens with two attached hydrogens (primary N) is 1. The van der Waals surface area contributed by atoms with Gasteiger partial charge in [-0.2, -0.15) is 0 Å². The average Bonchev–Trinajstić information content (AvgIpc) is 2.69. The van der Waals surface area contributed by atoms with Crippen molar-refractivity contribution < 1.29 is 31.5 Å². The summed E-state index contributed by atoms with van der Waals surface area (Å²) in [6, 6.07) is 4.80. The third-order valence-corrected chi connectivity index (χ3v) is 4.54. The minimum absolute atomic E-state index is 0.0355. The maximum atomic E-state index is 14.5. The summed E-state index contributed by atoms with van der Waals surface area (Å²) in [4.78, 5) is 19.6. The zero-order chi connectivity index (χ0) is 21.2. The number of ketones is 1. The third kappa shape index (κ3) is 4.20. The molecule has 29 heavy (non-hydrogen) atoms. The van der Waals surface area contributed by atoms with Crippen LogP contribution < -0.4 is 5.73 Å². The summed E-state index contributed by atoms with van der Waals surface area (Å²) in [6.45, 7) is -1.11. The molecule has 5 nitrogen and oxygen atoms in total. The molecule has 154 valence electrons. The molecule has 3 rings (SSSR count). The molecule has 2 heterocycles. The second-order valence-corrected chi connectivity index (χ2v) is 6.55. The van der Waals surface area contributed by atoms with Crippen LogP contribution >= 0.6 is 0 Å². The Morgan fingerprint density at radius 1 is 1.28 bits per heavy atom. The molecule has 0 unspecified atom stereocenters. The molecule has 0 bridgehead atoms. The molecule has 0 fully saturated rings. The monoisotopic (exact) mass is 413 g/mol. The summed E-state index contributed by atoms with van der Waals surface area (Å²) in [5.41, 5.74) is 2.62. The summed E-state index contributed by atoms with van der Waals surface area (Å²) in [5, 5.41) is 0. The fourth-order valence-electron chi connectivity index (χ4n) is 3.17. The van der Waals surface area contributed by atoms with Crippen molar-refractivity contribution in [2.45, 2.75) is 30.9 Å². The van der Waals surface area contributed by atoms with Crippen LogP contribution in [0.3, 0.4) is 0 Å². The Labute approximate surface area is 162 Å². The number of Topliss-reactive ketones (excluding diaryl/α,β-unsaturated/α-hetero) is 1. The van der Waals surface area contributed by atoms with Gasteiger partial charge >= 0.3 is 0 Å². The molecule has 1 aliphatic heterocycles. The van der Waals surface area contributed by atoms with E-state index >= 15 is 0 Å². The van der Waals surface area contributed by atoms with Gasteiger partial charge in [0.2, 0.25) is 0 Å². The van der Waals surface area contributed by atoms with Crippen LogP contribution in [0, 0.1) is 11.6 Å². The first-order valence-corrected chi connectivity index (χ1v) is 8.55. The van der Waals surface area contributed by atoms with Gasteiger partial charge < -0.3 is 10.5 Å². The smallest absolute Gasteiger partial charge is 0.283 e. The van der Waals surface area contributed by atoms with Crippen molar-refractivity contribution >= 4 is 11.8 Å². The summed E-state index contributed by atoms with van der Waals surface area (Å²) >= 11 is 0. The molecule has 1 aromatic carbocycles. The first-order valence-electron chi connectivity index (χ1n) is 8.55. The maximum Gasteiger partial charge on any atom is 0.283 e. The minimum Gasteiger partial charge on any atom is -0.459 e. The van der Waals surface area contributed by atoms with Crippen LogP contribution in [-0.2, 0) is 16.7 Å². The van der Waals surface area contributed by atoms with Gasteiger partial charge in [0.05, 0.1) is 6.20 Å². The van der Waals surface area contributed by atoms with E-state index in [-0.39, 0.29) is 17.7 Å². The molecular formula is C19H16F5N3O2. The highest BCUT2D eigenvalue weighted by atomic mass is 19.3.